The van der Waals surface area contributed by atoms with Gasteiger partial charge < -0.3 is 10.4 Å². The van der Waals surface area contributed by atoms with Crippen molar-refractivity contribution in [3.8, 4) is 0 Å². The summed E-state index contributed by atoms with van der Waals surface area (Å²) >= 11 is 0. The zero-order chi connectivity index (χ0) is 19.4. The summed E-state index contributed by atoms with van der Waals surface area (Å²) in [5, 5.41) is 12.7. The number of carboxylic acids is 1. The summed E-state index contributed by atoms with van der Waals surface area (Å²) in [6, 6.07) is 9.31. The summed E-state index contributed by atoms with van der Waals surface area (Å²) in [7, 11) is 1.78. The average Bonchev–Trinajstić information content (AvgIpc) is 2.96. The van der Waals surface area contributed by atoms with Crippen LogP contribution in [0.5, 0.6) is 0 Å². The lowest BCUT2D eigenvalue weighted by Crippen LogP contribution is -2.46. The van der Waals surface area contributed by atoms with Crippen LogP contribution in [0, 0.1) is 5.92 Å². The van der Waals surface area contributed by atoms with Crippen molar-refractivity contribution in [3.63, 3.8) is 0 Å². The number of aromatic nitrogens is 2. The van der Waals surface area contributed by atoms with Crippen molar-refractivity contribution in [1.29, 1.82) is 0 Å². The number of nitrogens with one attached hydrogen (secondary N) is 1. The van der Waals surface area contributed by atoms with E-state index in [1.54, 1.807) is 37.5 Å². The third-order valence-corrected chi connectivity index (χ3v) is 5.43. The van der Waals surface area contributed by atoms with Crippen molar-refractivity contribution in [1.82, 2.24) is 20.2 Å². The largest absolute Gasteiger partial charge is 0.480 e. The molecule has 2 heterocycles. The first-order chi connectivity index (χ1) is 12.9. The highest BCUT2D eigenvalue weighted by molar-refractivity contribution is 5.85. The Kier molecular flexibility index (Phi) is 5.51. The minimum absolute atomic E-state index is 0.135. The quantitative estimate of drug-likeness (QED) is 0.805. The second kappa shape index (κ2) is 7.84. The fourth-order valence-electron chi connectivity index (χ4n) is 3.75. The van der Waals surface area contributed by atoms with Crippen LogP contribution in [0.4, 0.5) is 0 Å². The molecule has 0 spiro atoms. The number of carboxylic acid groups (broad SMARTS) is 1. The Labute approximate surface area is 158 Å². The number of hydrogen-bond acceptors (Lipinski definition) is 5. The Morgan fingerprint density at radius 2 is 2.04 bits per heavy atom. The van der Waals surface area contributed by atoms with Crippen LogP contribution in [0.1, 0.15) is 30.6 Å². The number of benzene rings is 1. The molecule has 1 aromatic heterocycles. The fourth-order valence-corrected chi connectivity index (χ4v) is 3.75. The molecule has 7 nitrogen and oxygen atoms in total. The van der Waals surface area contributed by atoms with E-state index < -0.39 is 17.4 Å². The number of likely N-dealkylation sites (N-methyl/N-ethyl adjacent to an activating group) is 1. The predicted molar refractivity (Wildman–Crippen MR) is 99.8 cm³/mol. The summed E-state index contributed by atoms with van der Waals surface area (Å²) < 4.78 is 0. The van der Waals surface area contributed by atoms with Gasteiger partial charge in [-0.15, -0.1) is 0 Å². The van der Waals surface area contributed by atoms with Crippen molar-refractivity contribution in [2.75, 3.05) is 13.6 Å². The third kappa shape index (κ3) is 3.83. The van der Waals surface area contributed by atoms with Crippen LogP contribution >= 0.6 is 0 Å². The maximum Gasteiger partial charge on any atom is 0.323 e. The average molecular weight is 368 g/mol. The lowest BCUT2D eigenvalue weighted by molar-refractivity contribution is -0.148. The highest BCUT2D eigenvalue weighted by Crippen LogP contribution is 2.45. The summed E-state index contributed by atoms with van der Waals surface area (Å²) in [5.41, 5.74) is 0.656. The maximum atomic E-state index is 12.9. The van der Waals surface area contributed by atoms with Gasteiger partial charge in [-0.2, -0.15) is 0 Å². The first-order valence-electron chi connectivity index (χ1n) is 8.97. The first-order valence-corrected chi connectivity index (χ1v) is 8.97. The molecule has 0 unspecified atom stereocenters. The van der Waals surface area contributed by atoms with Crippen LogP contribution in [-0.2, 0) is 16.0 Å². The first kappa shape index (κ1) is 19.0. The second-order valence-electron chi connectivity index (χ2n) is 7.09. The standard InChI is InChI=1S/C20H24N4O3/c1-20(19(26)27)12-16(17(24(20)2)14-6-4-3-5-7-14)18(25)23-9-8-15-13-21-10-11-22-15/h3-7,10-11,13,16-17H,8-9,12H2,1-2H3,(H,23,25)(H,26,27)/t16-,17-,20-/m0/s1. The minimum atomic E-state index is -1.09. The van der Waals surface area contributed by atoms with Crippen molar-refractivity contribution >= 4 is 11.9 Å². The molecule has 27 heavy (non-hydrogen) atoms. The molecule has 0 bridgehead atoms. The van der Waals surface area contributed by atoms with E-state index in [2.05, 4.69) is 15.3 Å². The molecule has 1 fully saturated rings. The van der Waals surface area contributed by atoms with Crippen LogP contribution in [0.3, 0.4) is 0 Å². The maximum absolute atomic E-state index is 12.9. The molecule has 1 aliphatic rings. The van der Waals surface area contributed by atoms with Gasteiger partial charge in [0.1, 0.15) is 5.54 Å². The van der Waals surface area contributed by atoms with E-state index in [1.807, 2.05) is 30.3 Å². The monoisotopic (exact) mass is 368 g/mol. The van der Waals surface area contributed by atoms with Gasteiger partial charge in [0.15, 0.2) is 0 Å². The zero-order valence-corrected chi connectivity index (χ0v) is 15.5. The molecule has 2 aromatic rings. The summed E-state index contributed by atoms with van der Waals surface area (Å²) in [6.07, 6.45) is 5.73. The van der Waals surface area contributed by atoms with Crippen LogP contribution in [0.15, 0.2) is 48.9 Å². The van der Waals surface area contributed by atoms with E-state index in [1.165, 1.54) is 0 Å². The van der Waals surface area contributed by atoms with Gasteiger partial charge in [0, 0.05) is 37.6 Å². The Bertz CT molecular complexity index is 799. The van der Waals surface area contributed by atoms with Gasteiger partial charge >= 0.3 is 5.97 Å². The van der Waals surface area contributed by atoms with Gasteiger partial charge in [0.25, 0.3) is 0 Å². The number of aliphatic carboxylic acids is 1. The Morgan fingerprint density at radius 3 is 2.67 bits per heavy atom. The van der Waals surface area contributed by atoms with Crippen LogP contribution in [0.2, 0.25) is 0 Å². The Balaban J connectivity index is 1.76. The van der Waals surface area contributed by atoms with Crippen molar-refractivity contribution in [2.24, 2.45) is 5.92 Å². The van der Waals surface area contributed by atoms with E-state index in [-0.39, 0.29) is 18.4 Å². The van der Waals surface area contributed by atoms with E-state index in [0.717, 1.165) is 11.3 Å². The Morgan fingerprint density at radius 1 is 1.30 bits per heavy atom. The summed E-state index contributed by atoms with van der Waals surface area (Å²) in [5.74, 6) is -1.49. The van der Waals surface area contributed by atoms with Crippen molar-refractivity contribution in [3.05, 3.63) is 60.2 Å². The SMILES string of the molecule is CN1[C@@H](c2ccccc2)[C@@H](C(=O)NCCc2cnccn2)C[C@@]1(C)C(=O)O. The molecule has 142 valence electrons. The van der Waals surface area contributed by atoms with E-state index >= 15 is 0 Å². The number of amides is 1. The molecule has 3 atom stereocenters. The number of nitrogens with zero attached hydrogens (tertiary/aromatic N) is 3. The fraction of sp³-hybridized carbons (Fsp3) is 0.400. The zero-order valence-electron chi connectivity index (χ0n) is 15.5. The summed E-state index contributed by atoms with van der Waals surface area (Å²) in [6.45, 7) is 2.11. The normalized spacial score (nSPS) is 25.3. The van der Waals surface area contributed by atoms with Gasteiger partial charge in [0.05, 0.1) is 11.6 Å². The molecule has 1 aromatic carbocycles. The molecule has 3 rings (SSSR count). The molecule has 7 heteroatoms. The van der Waals surface area contributed by atoms with Gasteiger partial charge in [-0.1, -0.05) is 30.3 Å². The molecular weight excluding hydrogens is 344 g/mol. The molecule has 0 saturated carbocycles. The van der Waals surface area contributed by atoms with Gasteiger partial charge in [-0.05, 0) is 26.0 Å². The molecule has 2 N–H and O–H groups in total. The minimum Gasteiger partial charge on any atom is -0.480 e. The van der Waals surface area contributed by atoms with E-state index in [4.69, 9.17) is 0 Å². The number of carbonyl (C=O) groups is 2. The number of hydrogen-bond donors (Lipinski definition) is 2. The summed E-state index contributed by atoms with van der Waals surface area (Å²) in [4.78, 5) is 34.8. The van der Waals surface area contributed by atoms with E-state index in [9.17, 15) is 14.7 Å². The van der Waals surface area contributed by atoms with Gasteiger partial charge in [-0.25, -0.2) is 0 Å². The highest BCUT2D eigenvalue weighted by Gasteiger charge is 2.54. The van der Waals surface area contributed by atoms with Gasteiger partial charge in [0.2, 0.25) is 5.91 Å². The van der Waals surface area contributed by atoms with Crippen LogP contribution in [-0.4, -0.2) is 51.0 Å². The van der Waals surface area contributed by atoms with Gasteiger partial charge in [-0.3, -0.25) is 24.5 Å². The molecule has 0 aliphatic carbocycles. The molecule has 0 radical (unpaired) electrons. The number of carbonyl (C=O) groups excluding carboxylic acids is 1. The highest BCUT2D eigenvalue weighted by atomic mass is 16.4. The number of rotatable bonds is 6. The lowest BCUT2D eigenvalue weighted by Gasteiger charge is -2.32. The molecule has 1 aliphatic heterocycles. The van der Waals surface area contributed by atoms with Crippen LogP contribution < -0.4 is 5.32 Å². The van der Waals surface area contributed by atoms with E-state index in [0.29, 0.717) is 13.0 Å². The van der Waals surface area contributed by atoms with Crippen LogP contribution in [0.25, 0.3) is 0 Å². The lowest BCUT2D eigenvalue weighted by atomic mass is 9.89. The Hall–Kier alpha value is -2.80. The van der Waals surface area contributed by atoms with Crippen molar-refractivity contribution < 1.29 is 14.7 Å². The third-order valence-electron chi connectivity index (χ3n) is 5.43. The molecular formula is C20H24N4O3. The second-order valence-corrected chi connectivity index (χ2v) is 7.09. The molecule has 1 saturated heterocycles. The number of likely N-dealkylation sites (tertiary alicyclic amines) is 1. The van der Waals surface area contributed by atoms with Crippen molar-refractivity contribution in [2.45, 2.75) is 31.3 Å². The topological polar surface area (TPSA) is 95.4 Å². The predicted octanol–water partition coefficient (Wildman–Crippen LogP) is 1.67. The molecule has 1 amide bonds. The smallest absolute Gasteiger partial charge is 0.323 e.